The van der Waals surface area contributed by atoms with E-state index in [1.54, 1.807) is 12.1 Å². The highest BCUT2D eigenvalue weighted by molar-refractivity contribution is 6.22. The maximum absolute atomic E-state index is 12.9. The smallest absolute Gasteiger partial charge is 0.251 e. The van der Waals surface area contributed by atoms with Gasteiger partial charge in [-0.2, -0.15) is 0 Å². The average molecular weight is 440 g/mol. The van der Waals surface area contributed by atoms with Gasteiger partial charge in [0.2, 0.25) is 5.91 Å². The van der Waals surface area contributed by atoms with E-state index in [1.807, 2.05) is 60.7 Å². The highest BCUT2D eigenvalue weighted by Crippen LogP contribution is 2.36. The molecule has 0 bridgehead atoms. The van der Waals surface area contributed by atoms with Crippen LogP contribution in [0.25, 0.3) is 11.1 Å². The van der Waals surface area contributed by atoms with Crippen molar-refractivity contribution in [2.45, 2.75) is 18.9 Å². The van der Waals surface area contributed by atoms with Crippen molar-refractivity contribution in [3.05, 3.63) is 89.5 Å². The van der Waals surface area contributed by atoms with Crippen LogP contribution in [0, 0.1) is 0 Å². The predicted octanol–water partition coefficient (Wildman–Crippen LogP) is 3.73. The van der Waals surface area contributed by atoms with Crippen LogP contribution < -0.4 is 10.6 Å². The lowest BCUT2D eigenvalue weighted by atomic mass is 10.0. The fourth-order valence-corrected chi connectivity index (χ4v) is 4.60. The van der Waals surface area contributed by atoms with Crippen LogP contribution in [0.15, 0.2) is 72.8 Å². The second kappa shape index (κ2) is 9.00. The van der Waals surface area contributed by atoms with E-state index in [9.17, 15) is 14.4 Å². The van der Waals surface area contributed by atoms with E-state index < -0.39 is 0 Å². The summed E-state index contributed by atoms with van der Waals surface area (Å²) in [5.74, 6) is -0.230. The summed E-state index contributed by atoms with van der Waals surface area (Å²) in [7, 11) is 0. The number of hydrogen-bond donors (Lipinski definition) is 2. The summed E-state index contributed by atoms with van der Waals surface area (Å²) in [5.41, 5.74) is 4.37. The molecule has 0 aromatic heterocycles. The Kier molecular flexibility index (Phi) is 5.75. The Balaban J connectivity index is 1.15. The molecule has 2 amide bonds. The van der Waals surface area contributed by atoms with Crippen LogP contribution in [-0.4, -0.2) is 48.2 Å². The summed E-state index contributed by atoms with van der Waals surface area (Å²) in [6.45, 7) is 1.82. The van der Waals surface area contributed by atoms with E-state index in [-0.39, 0.29) is 23.6 Å². The van der Waals surface area contributed by atoms with Gasteiger partial charge in [-0.05, 0) is 48.2 Å². The summed E-state index contributed by atoms with van der Waals surface area (Å²) in [6.07, 6.45) is 1.55. The van der Waals surface area contributed by atoms with Crippen molar-refractivity contribution in [1.82, 2.24) is 10.2 Å². The van der Waals surface area contributed by atoms with Crippen LogP contribution in [0.1, 0.15) is 39.1 Å². The third-order valence-electron chi connectivity index (χ3n) is 6.34. The molecule has 1 fully saturated rings. The van der Waals surface area contributed by atoms with Crippen molar-refractivity contribution in [1.29, 1.82) is 0 Å². The highest BCUT2D eigenvalue weighted by atomic mass is 16.2. The summed E-state index contributed by atoms with van der Waals surface area (Å²) in [6, 6.07) is 22.4. The molecule has 166 valence electrons. The monoisotopic (exact) mass is 439 g/mol. The Bertz CT molecular complexity index is 1210. The van der Waals surface area contributed by atoms with Crippen LogP contribution in [-0.2, 0) is 4.79 Å². The van der Waals surface area contributed by atoms with Gasteiger partial charge in [0.1, 0.15) is 0 Å². The maximum atomic E-state index is 12.9. The average Bonchev–Trinajstić information content (AvgIpc) is 3.12. The SMILES string of the molecule is O=C(CN1CCC(NC(=O)c2ccc3c(c2)C(=O)c2ccccc2-3)CC1)Nc1ccccc1. The summed E-state index contributed by atoms with van der Waals surface area (Å²) in [5, 5.41) is 6.01. The van der Waals surface area contributed by atoms with Gasteiger partial charge in [-0.1, -0.05) is 48.5 Å². The predicted molar refractivity (Wildman–Crippen MR) is 127 cm³/mol. The van der Waals surface area contributed by atoms with E-state index in [4.69, 9.17) is 0 Å². The zero-order chi connectivity index (χ0) is 22.8. The Hall–Kier alpha value is -3.77. The lowest BCUT2D eigenvalue weighted by Gasteiger charge is -2.31. The van der Waals surface area contributed by atoms with Gasteiger partial charge in [0.25, 0.3) is 5.91 Å². The third-order valence-corrected chi connectivity index (χ3v) is 6.34. The molecule has 1 aliphatic carbocycles. The van der Waals surface area contributed by atoms with Gasteiger partial charge in [-0.15, -0.1) is 0 Å². The van der Waals surface area contributed by atoms with Crippen molar-refractivity contribution in [2.75, 3.05) is 25.0 Å². The number of para-hydroxylation sites is 1. The van der Waals surface area contributed by atoms with E-state index in [2.05, 4.69) is 15.5 Å². The second-order valence-electron chi connectivity index (χ2n) is 8.57. The first-order valence-electron chi connectivity index (χ1n) is 11.2. The van der Waals surface area contributed by atoms with Gasteiger partial charge in [0, 0.05) is 41.5 Å². The van der Waals surface area contributed by atoms with Crippen molar-refractivity contribution in [2.24, 2.45) is 0 Å². The number of nitrogens with zero attached hydrogens (tertiary/aromatic N) is 1. The van der Waals surface area contributed by atoms with Crippen LogP contribution in [0.5, 0.6) is 0 Å². The topological polar surface area (TPSA) is 78.5 Å². The molecule has 0 spiro atoms. The van der Waals surface area contributed by atoms with Crippen molar-refractivity contribution in [3.8, 4) is 11.1 Å². The van der Waals surface area contributed by atoms with Crippen LogP contribution in [0.4, 0.5) is 5.69 Å². The van der Waals surface area contributed by atoms with Gasteiger partial charge in [0.05, 0.1) is 6.54 Å². The number of nitrogens with one attached hydrogen (secondary N) is 2. The van der Waals surface area contributed by atoms with Gasteiger partial charge < -0.3 is 10.6 Å². The van der Waals surface area contributed by atoms with Gasteiger partial charge >= 0.3 is 0 Å². The number of carbonyl (C=O) groups is 3. The molecule has 0 atom stereocenters. The zero-order valence-corrected chi connectivity index (χ0v) is 18.2. The molecular weight excluding hydrogens is 414 g/mol. The number of fused-ring (bicyclic) bond motifs is 3. The Morgan fingerprint density at radius 2 is 1.48 bits per heavy atom. The minimum Gasteiger partial charge on any atom is -0.349 e. The highest BCUT2D eigenvalue weighted by Gasteiger charge is 2.28. The van der Waals surface area contributed by atoms with Crippen LogP contribution in [0.3, 0.4) is 0 Å². The number of piperidine rings is 1. The molecule has 0 saturated carbocycles. The molecular formula is C27H25N3O3. The van der Waals surface area contributed by atoms with Crippen molar-refractivity contribution < 1.29 is 14.4 Å². The molecule has 6 heteroatoms. The van der Waals surface area contributed by atoms with E-state index in [0.29, 0.717) is 23.2 Å². The molecule has 3 aromatic carbocycles. The van der Waals surface area contributed by atoms with Crippen LogP contribution >= 0.6 is 0 Å². The molecule has 2 N–H and O–H groups in total. The molecule has 3 aromatic rings. The van der Waals surface area contributed by atoms with Crippen molar-refractivity contribution in [3.63, 3.8) is 0 Å². The van der Waals surface area contributed by atoms with E-state index in [0.717, 1.165) is 42.7 Å². The molecule has 33 heavy (non-hydrogen) atoms. The quantitative estimate of drug-likeness (QED) is 0.497. The number of carbonyl (C=O) groups excluding carboxylic acids is 3. The molecule has 1 saturated heterocycles. The summed E-state index contributed by atoms with van der Waals surface area (Å²) in [4.78, 5) is 40.0. The summed E-state index contributed by atoms with van der Waals surface area (Å²) < 4.78 is 0. The van der Waals surface area contributed by atoms with Crippen LogP contribution in [0.2, 0.25) is 0 Å². The Morgan fingerprint density at radius 3 is 2.24 bits per heavy atom. The number of anilines is 1. The summed E-state index contributed by atoms with van der Waals surface area (Å²) >= 11 is 0. The minimum absolute atomic E-state index is 0.0302. The third kappa shape index (κ3) is 4.43. The van der Waals surface area contributed by atoms with Gasteiger partial charge in [0.15, 0.2) is 5.78 Å². The fraction of sp³-hybridized carbons (Fsp3) is 0.222. The number of likely N-dealkylation sites (tertiary alicyclic amines) is 1. The van der Waals surface area contributed by atoms with E-state index >= 15 is 0 Å². The van der Waals surface area contributed by atoms with E-state index in [1.165, 1.54) is 0 Å². The number of hydrogen-bond acceptors (Lipinski definition) is 4. The molecule has 1 heterocycles. The standard InChI is InChI=1S/C27H25N3O3/c31-25(28-19-6-2-1-3-7-19)17-30-14-12-20(13-15-30)29-27(33)18-10-11-22-21-8-4-5-9-23(21)26(32)24(22)16-18/h1-11,16,20H,12-15,17H2,(H,28,31)(H,29,33). The molecule has 6 nitrogen and oxygen atoms in total. The largest absolute Gasteiger partial charge is 0.349 e. The lowest BCUT2D eigenvalue weighted by molar-refractivity contribution is -0.117. The molecule has 2 aliphatic rings. The van der Waals surface area contributed by atoms with Gasteiger partial charge in [-0.3, -0.25) is 19.3 Å². The zero-order valence-electron chi connectivity index (χ0n) is 18.2. The first-order chi connectivity index (χ1) is 16.1. The normalized spacial score (nSPS) is 15.6. The number of amides is 2. The minimum atomic E-state index is -0.165. The Labute approximate surface area is 192 Å². The first kappa shape index (κ1) is 21.1. The second-order valence-corrected chi connectivity index (χ2v) is 8.57. The Morgan fingerprint density at radius 1 is 0.818 bits per heavy atom. The number of rotatable bonds is 5. The maximum Gasteiger partial charge on any atom is 0.251 e. The molecule has 5 rings (SSSR count). The first-order valence-corrected chi connectivity index (χ1v) is 11.2. The molecule has 1 aliphatic heterocycles. The van der Waals surface area contributed by atoms with Crippen molar-refractivity contribution >= 4 is 23.3 Å². The fourth-order valence-electron chi connectivity index (χ4n) is 4.60. The number of ketones is 1. The lowest BCUT2D eigenvalue weighted by Crippen LogP contribution is -2.46. The molecule has 0 unspecified atom stereocenters. The van der Waals surface area contributed by atoms with Gasteiger partial charge in [-0.25, -0.2) is 0 Å². The molecule has 0 radical (unpaired) electrons. The number of benzene rings is 3.